The number of nitrogens with zero attached hydrogens (tertiary/aromatic N) is 1. The van der Waals surface area contributed by atoms with Gasteiger partial charge in [0.25, 0.3) is 5.91 Å². The molecule has 1 fully saturated rings. The number of nitrogens with one attached hydrogen (secondary N) is 1. The average molecular weight is 481 g/mol. The van der Waals surface area contributed by atoms with E-state index in [-0.39, 0.29) is 30.1 Å². The highest BCUT2D eigenvalue weighted by Gasteiger charge is 2.35. The lowest BCUT2D eigenvalue weighted by molar-refractivity contribution is -0.126. The molecule has 1 saturated carbocycles. The topological polar surface area (TPSA) is 81.0 Å². The van der Waals surface area contributed by atoms with Crippen LogP contribution in [0, 0.1) is 5.82 Å². The van der Waals surface area contributed by atoms with Crippen LogP contribution < -0.4 is 14.8 Å². The van der Waals surface area contributed by atoms with Gasteiger partial charge in [0.15, 0.2) is 17.3 Å². The summed E-state index contributed by atoms with van der Waals surface area (Å²) < 4.78 is 29.8. The van der Waals surface area contributed by atoms with Crippen molar-refractivity contribution >= 4 is 11.8 Å². The highest BCUT2D eigenvalue weighted by atomic mass is 19.1. The quantitative estimate of drug-likeness (QED) is 0.472. The van der Waals surface area contributed by atoms with Gasteiger partial charge in [-0.15, -0.1) is 0 Å². The normalized spacial score (nSPS) is 14.4. The van der Waals surface area contributed by atoms with E-state index in [1.54, 1.807) is 42.5 Å². The molecule has 1 atom stereocenters. The number of carbonyl (C=O) groups is 2. The van der Waals surface area contributed by atoms with Crippen LogP contribution in [0.25, 0.3) is 0 Å². The Balaban J connectivity index is 1.78. The van der Waals surface area contributed by atoms with Crippen LogP contribution in [0.3, 0.4) is 0 Å². The summed E-state index contributed by atoms with van der Waals surface area (Å²) in [7, 11) is 3.04. The van der Waals surface area contributed by atoms with Crippen LogP contribution >= 0.6 is 0 Å². The van der Waals surface area contributed by atoms with E-state index in [1.807, 2.05) is 0 Å². The van der Waals surface area contributed by atoms with Gasteiger partial charge in [-0.1, -0.05) is 31.0 Å². The number of hydrogen-bond donors (Lipinski definition) is 1. The number of halogens is 1. The van der Waals surface area contributed by atoms with Gasteiger partial charge in [0.1, 0.15) is 11.9 Å². The molecule has 0 saturated heterocycles. The molecule has 0 spiro atoms. The number of methoxy groups -OCH3 is 2. The van der Waals surface area contributed by atoms with Crippen molar-refractivity contribution in [2.75, 3.05) is 14.2 Å². The Bertz CT molecular complexity index is 1140. The fraction of sp³-hybridized carbons (Fsp3) is 0.333. The zero-order valence-corrected chi connectivity index (χ0v) is 19.8. The largest absolute Gasteiger partial charge is 0.493 e. The van der Waals surface area contributed by atoms with Crippen LogP contribution in [-0.2, 0) is 11.3 Å². The Hall–Kier alpha value is -3.81. The molecule has 184 valence electrons. The minimum atomic E-state index is -0.988. The Morgan fingerprint density at radius 1 is 1.06 bits per heavy atom. The maximum atomic E-state index is 13.7. The van der Waals surface area contributed by atoms with Crippen molar-refractivity contribution in [3.05, 3.63) is 83.6 Å². The fourth-order valence-electron chi connectivity index (χ4n) is 4.45. The molecule has 1 aliphatic rings. The standard InChI is InChI=1S/C27H29FN2O5/c1-33-22-14-11-19(16-24(22)34-2)25(26(31)29-21-6-3-4-7-21)30(27(32)23-8-5-15-35-23)17-18-9-12-20(28)13-10-18/h5,8-16,21,25H,3-4,6-7,17H2,1-2H3,(H,29,31)/t25-/m0/s1. The number of hydrogen-bond acceptors (Lipinski definition) is 5. The van der Waals surface area contributed by atoms with E-state index < -0.39 is 11.9 Å². The second-order valence-electron chi connectivity index (χ2n) is 8.54. The molecule has 0 aliphatic heterocycles. The third-order valence-corrected chi connectivity index (χ3v) is 6.24. The average Bonchev–Trinajstić information content (AvgIpc) is 3.59. The van der Waals surface area contributed by atoms with E-state index >= 15 is 0 Å². The minimum Gasteiger partial charge on any atom is -0.493 e. The van der Waals surface area contributed by atoms with Gasteiger partial charge in [-0.2, -0.15) is 0 Å². The third kappa shape index (κ3) is 5.65. The van der Waals surface area contributed by atoms with E-state index in [4.69, 9.17) is 13.9 Å². The Kier molecular flexibility index (Phi) is 7.70. The summed E-state index contributed by atoms with van der Waals surface area (Å²) in [5.74, 6) is -0.0874. The Morgan fingerprint density at radius 2 is 1.77 bits per heavy atom. The second-order valence-corrected chi connectivity index (χ2v) is 8.54. The number of benzene rings is 2. The summed E-state index contributed by atoms with van der Waals surface area (Å²) in [6.07, 6.45) is 5.31. The van der Waals surface area contributed by atoms with Crippen LogP contribution in [0.15, 0.2) is 65.3 Å². The molecule has 3 aromatic rings. The highest BCUT2D eigenvalue weighted by molar-refractivity contribution is 5.96. The number of rotatable bonds is 9. The van der Waals surface area contributed by atoms with Crippen LogP contribution in [0.5, 0.6) is 11.5 Å². The molecule has 1 aromatic heterocycles. The first-order valence-corrected chi connectivity index (χ1v) is 11.6. The van der Waals surface area contributed by atoms with Crippen LogP contribution in [0.4, 0.5) is 4.39 Å². The Labute approximate surface area is 203 Å². The third-order valence-electron chi connectivity index (χ3n) is 6.24. The van der Waals surface area contributed by atoms with Crippen molar-refractivity contribution in [3.63, 3.8) is 0 Å². The smallest absolute Gasteiger partial charge is 0.290 e. The van der Waals surface area contributed by atoms with Crippen molar-refractivity contribution in [2.45, 2.75) is 44.3 Å². The molecule has 2 amide bonds. The van der Waals surface area contributed by atoms with Gasteiger partial charge in [0, 0.05) is 12.6 Å². The number of carbonyl (C=O) groups excluding carboxylic acids is 2. The summed E-state index contributed by atoms with van der Waals surface area (Å²) in [4.78, 5) is 28.8. The number of ether oxygens (including phenoxy) is 2. The SMILES string of the molecule is COc1ccc([C@@H](C(=O)NC2CCCC2)N(Cc2ccc(F)cc2)C(=O)c2ccco2)cc1OC. The van der Waals surface area contributed by atoms with E-state index in [0.717, 1.165) is 25.7 Å². The fourth-order valence-corrected chi connectivity index (χ4v) is 4.45. The van der Waals surface area contributed by atoms with Gasteiger partial charge in [0.2, 0.25) is 5.91 Å². The van der Waals surface area contributed by atoms with Gasteiger partial charge >= 0.3 is 0 Å². The minimum absolute atomic E-state index is 0.0523. The number of amides is 2. The van der Waals surface area contributed by atoms with Gasteiger partial charge in [-0.3, -0.25) is 9.59 Å². The Morgan fingerprint density at radius 3 is 2.40 bits per heavy atom. The lowest BCUT2D eigenvalue weighted by Crippen LogP contribution is -2.45. The van der Waals surface area contributed by atoms with Crippen molar-refractivity contribution in [3.8, 4) is 11.5 Å². The molecule has 2 aromatic carbocycles. The molecule has 4 rings (SSSR count). The first-order valence-electron chi connectivity index (χ1n) is 11.6. The van der Waals surface area contributed by atoms with Crippen molar-refractivity contribution in [1.29, 1.82) is 0 Å². The molecule has 1 N–H and O–H groups in total. The van der Waals surface area contributed by atoms with E-state index in [1.165, 1.54) is 37.5 Å². The molecule has 1 aliphatic carbocycles. The summed E-state index contributed by atoms with van der Waals surface area (Å²) in [5.41, 5.74) is 1.23. The zero-order chi connectivity index (χ0) is 24.8. The van der Waals surface area contributed by atoms with E-state index in [0.29, 0.717) is 22.6 Å². The van der Waals surface area contributed by atoms with Gasteiger partial charge in [-0.05, 0) is 60.4 Å². The molecule has 0 radical (unpaired) electrons. The first kappa shape index (κ1) is 24.3. The second kappa shape index (κ2) is 11.1. The van der Waals surface area contributed by atoms with Gasteiger partial charge in [-0.25, -0.2) is 4.39 Å². The van der Waals surface area contributed by atoms with Gasteiger partial charge in [0.05, 0.1) is 20.5 Å². The molecular weight excluding hydrogens is 451 g/mol. The lowest BCUT2D eigenvalue weighted by atomic mass is 10.0. The zero-order valence-electron chi connectivity index (χ0n) is 19.8. The maximum absolute atomic E-state index is 13.7. The highest BCUT2D eigenvalue weighted by Crippen LogP contribution is 2.34. The van der Waals surface area contributed by atoms with Crippen LogP contribution in [-0.4, -0.2) is 37.0 Å². The molecule has 7 nitrogen and oxygen atoms in total. The van der Waals surface area contributed by atoms with Crippen LogP contribution in [0.1, 0.15) is 53.4 Å². The first-order chi connectivity index (χ1) is 17.0. The van der Waals surface area contributed by atoms with Crippen LogP contribution in [0.2, 0.25) is 0 Å². The van der Waals surface area contributed by atoms with Crippen molar-refractivity contribution in [2.24, 2.45) is 0 Å². The monoisotopic (exact) mass is 480 g/mol. The van der Waals surface area contributed by atoms with E-state index in [9.17, 15) is 14.0 Å². The molecule has 1 heterocycles. The summed E-state index contributed by atoms with van der Waals surface area (Å²) in [6.45, 7) is 0.0664. The van der Waals surface area contributed by atoms with Crippen molar-refractivity contribution in [1.82, 2.24) is 10.2 Å². The lowest BCUT2D eigenvalue weighted by Gasteiger charge is -2.32. The summed E-state index contributed by atoms with van der Waals surface area (Å²) in [5, 5.41) is 3.12. The molecular formula is C27H29FN2O5. The number of furan rings is 1. The summed E-state index contributed by atoms with van der Waals surface area (Å²) in [6, 6.07) is 13.2. The molecule has 0 bridgehead atoms. The maximum Gasteiger partial charge on any atom is 0.290 e. The van der Waals surface area contributed by atoms with Gasteiger partial charge < -0.3 is 24.1 Å². The molecule has 8 heteroatoms. The predicted molar refractivity (Wildman–Crippen MR) is 128 cm³/mol. The molecule has 35 heavy (non-hydrogen) atoms. The predicted octanol–water partition coefficient (Wildman–Crippen LogP) is 4.88. The van der Waals surface area contributed by atoms with Crippen molar-refractivity contribution < 1.29 is 27.9 Å². The molecule has 0 unspecified atom stereocenters. The van der Waals surface area contributed by atoms with E-state index in [2.05, 4.69) is 5.32 Å². The summed E-state index contributed by atoms with van der Waals surface area (Å²) >= 11 is 0.